The molecule has 3 aliphatic rings. The minimum absolute atomic E-state index is 0.0556. The lowest BCUT2D eigenvalue weighted by molar-refractivity contribution is -0.143. The van der Waals surface area contributed by atoms with Crippen molar-refractivity contribution in [1.82, 2.24) is 5.32 Å². The summed E-state index contributed by atoms with van der Waals surface area (Å²) in [5.41, 5.74) is 6.32. The third-order valence-corrected chi connectivity index (χ3v) is 7.18. The van der Waals surface area contributed by atoms with Gasteiger partial charge < -0.3 is 30.0 Å². The largest absolute Gasteiger partial charge is 0.459 e. The van der Waals surface area contributed by atoms with Gasteiger partial charge >= 0.3 is 5.97 Å². The number of amides is 2. The van der Waals surface area contributed by atoms with Crippen LogP contribution < -0.4 is 11.1 Å². The highest BCUT2D eigenvalue weighted by molar-refractivity contribution is 5.87. The Morgan fingerprint density at radius 3 is 2.54 bits per heavy atom. The van der Waals surface area contributed by atoms with E-state index in [1.165, 1.54) is 13.0 Å². The molecule has 0 aromatic heterocycles. The van der Waals surface area contributed by atoms with Crippen LogP contribution in [0.3, 0.4) is 0 Å². The fourth-order valence-electron chi connectivity index (χ4n) is 5.10. The van der Waals surface area contributed by atoms with Crippen molar-refractivity contribution in [3.05, 3.63) is 36.0 Å². The molecule has 2 amide bonds. The quantitative estimate of drug-likeness (QED) is 0.197. The number of carbonyl (C=O) groups is 3. The SMILES string of the molecule is CC(=O)O[C@@H](C)/C=C\C(=O)N[C@@H]1C[C@H](C)[C@H](C/C=C(C)/C=C/[C@@H]2C[C@@]3(CO3)C[C@@H](CC(N)=O)O2)O[C@@H]1C. The number of nitrogens with two attached hydrogens (primary N) is 1. The first kappa shape index (κ1) is 29.1. The molecular weight excluding hydrogens is 476 g/mol. The summed E-state index contributed by atoms with van der Waals surface area (Å²) in [5.74, 6) is -0.706. The van der Waals surface area contributed by atoms with Gasteiger partial charge in [-0.05, 0) is 45.6 Å². The highest BCUT2D eigenvalue weighted by Crippen LogP contribution is 2.43. The number of carbonyl (C=O) groups excluding carboxylic acids is 3. The summed E-state index contributed by atoms with van der Waals surface area (Å²) in [6, 6.07) is -0.0915. The highest BCUT2D eigenvalue weighted by atomic mass is 16.6. The molecule has 1 spiro atoms. The molecule has 0 aliphatic carbocycles. The molecular formula is C28H42N2O7. The Morgan fingerprint density at radius 1 is 1.16 bits per heavy atom. The Bertz CT molecular complexity index is 923. The Hall–Kier alpha value is -2.49. The molecule has 0 radical (unpaired) electrons. The smallest absolute Gasteiger partial charge is 0.303 e. The molecule has 0 aromatic carbocycles. The standard InChI is InChI=1S/C28H42N2O7/c1-17(6-9-22-14-28(16-34-28)15-23(37-22)13-26(29)32)7-10-25-18(2)12-24(20(4)36-25)30-27(33)11-8-19(3)35-21(5)31/h6-9,11,18-20,22-25H,10,12-16H2,1-5H3,(H2,29,32)(H,30,33)/b9-6+,11-8-,17-7+/t18-,19-,20+,22+,23+,24+,25-,28-/m0/s1. The molecule has 9 heteroatoms. The van der Waals surface area contributed by atoms with E-state index < -0.39 is 6.10 Å². The van der Waals surface area contributed by atoms with Crippen LogP contribution in [-0.2, 0) is 33.3 Å². The normalized spacial score (nSPS) is 35.0. The lowest BCUT2D eigenvalue weighted by Gasteiger charge is -2.39. The molecule has 3 heterocycles. The summed E-state index contributed by atoms with van der Waals surface area (Å²) >= 11 is 0. The lowest BCUT2D eigenvalue weighted by Crippen LogP contribution is -2.50. The third-order valence-electron chi connectivity index (χ3n) is 7.18. The van der Waals surface area contributed by atoms with Gasteiger partial charge in [0, 0.05) is 25.8 Å². The second kappa shape index (κ2) is 12.8. The summed E-state index contributed by atoms with van der Waals surface area (Å²) in [4.78, 5) is 34.7. The van der Waals surface area contributed by atoms with E-state index in [2.05, 4.69) is 24.4 Å². The van der Waals surface area contributed by atoms with Crippen molar-refractivity contribution in [3.8, 4) is 0 Å². The van der Waals surface area contributed by atoms with E-state index in [1.807, 2.05) is 19.9 Å². The van der Waals surface area contributed by atoms with Crippen LogP contribution in [0.25, 0.3) is 0 Å². The zero-order chi connectivity index (χ0) is 27.2. The minimum Gasteiger partial charge on any atom is -0.459 e. The van der Waals surface area contributed by atoms with E-state index in [1.54, 1.807) is 13.0 Å². The minimum atomic E-state index is -0.458. The van der Waals surface area contributed by atoms with E-state index in [0.29, 0.717) is 6.61 Å². The van der Waals surface area contributed by atoms with Gasteiger partial charge in [-0.3, -0.25) is 14.4 Å². The number of ether oxygens (including phenoxy) is 4. The number of epoxide rings is 1. The maximum Gasteiger partial charge on any atom is 0.303 e. The monoisotopic (exact) mass is 518 g/mol. The summed E-state index contributed by atoms with van der Waals surface area (Å²) in [7, 11) is 0. The van der Waals surface area contributed by atoms with Gasteiger partial charge in [-0.2, -0.15) is 0 Å². The predicted molar refractivity (Wildman–Crippen MR) is 138 cm³/mol. The number of primary amides is 1. The Morgan fingerprint density at radius 2 is 1.89 bits per heavy atom. The molecule has 9 nitrogen and oxygen atoms in total. The van der Waals surface area contributed by atoms with Crippen molar-refractivity contribution in [2.24, 2.45) is 11.7 Å². The first-order valence-corrected chi connectivity index (χ1v) is 13.2. The van der Waals surface area contributed by atoms with E-state index >= 15 is 0 Å². The van der Waals surface area contributed by atoms with E-state index in [9.17, 15) is 14.4 Å². The number of rotatable bonds is 10. The molecule has 3 aliphatic heterocycles. The van der Waals surface area contributed by atoms with Crippen molar-refractivity contribution in [2.75, 3.05) is 6.61 Å². The zero-order valence-electron chi connectivity index (χ0n) is 22.6. The van der Waals surface area contributed by atoms with Crippen LogP contribution in [-0.4, -0.2) is 66.6 Å². The van der Waals surface area contributed by atoms with Gasteiger partial charge in [0.15, 0.2) is 0 Å². The summed E-state index contributed by atoms with van der Waals surface area (Å²) < 4.78 is 23.0. The Balaban J connectivity index is 1.46. The molecule has 0 bridgehead atoms. The predicted octanol–water partition coefficient (Wildman–Crippen LogP) is 2.88. The second-order valence-electron chi connectivity index (χ2n) is 10.8. The molecule has 3 fully saturated rings. The van der Waals surface area contributed by atoms with E-state index in [-0.39, 0.29) is 66.2 Å². The van der Waals surface area contributed by atoms with Crippen LogP contribution in [0.15, 0.2) is 36.0 Å². The van der Waals surface area contributed by atoms with Crippen molar-refractivity contribution in [3.63, 3.8) is 0 Å². The topological polar surface area (TPSA) is 129 Å². The van der Waals surface area contributed by atoms with Gasteiger partial charge in [-0.1, -0.05) is 30.7 Å². The van der Waals surface area contributed by atoms with Crippen LogP contribution in [0.2, 0.25) is 0 Å². The van der Waals surface area contributed by atoms with Crippen molar-refractivity contribution >= 4 is 17.8 Å². The van der Waals surface area contributed by atoms with E-state index in [4.69, 9.17) is 24.7 Å². The van der Waals surface area contributed by atoms with Gasteiger partial charge in [0.25, 0.3) is 0 Å². The molecule has 0 aromatic rings. The summed E-state index contributed by atoms with van der Waals surface area (Å²) in [6.45, 7) is 9.91. The first-order valence-electron chi connectivity index (χ1n) is 13.2. The number of esters is 1. The molecule has 0 saturated carbocycles. The van der Waals surface area contributed by atoms with Gasteiger partial charge in [0.05, 0.1) is 49.1 Å². The fourth-order valence-corrected chi connectivity index (χ4v) is 5.10. The van der Waals surface area contributed by atoms with Crippen LogP contribution in [0.5, 0.6) is 0 Å². The van der Waals surface area contributed by atoms with Crippen LogP contribution in [0.1, 0.15) is 66.7 Å². The van der Waals surface area contributed by atoms with Gasteiger partial charge in [0.2, 0.25) is 11.8 Å². The lowest BCUT2D eigenvalue weighted by atomic mass is 9.88. The maximum absolute atomic E-state index is 12.3. The molecule has 0 unspecified atom stereocenters. The molecule has 37 heavy (non-hydrogen) atoms. The average Bonchev–Trinajstić information content (AvgIpc) is 3.54. The first-order chi connectivity index (χ1) is 17.4. The second-order valence-corrected chi connectivity index (χ2v) is 10.8. The molecule has 3 saturated heterocycles. The summed E-state index contributed by atoms with van der Waals surface area (Å²) in [6.07, 6.45) is 11.7. The molecule has 3 rings (SSSR count). The number of hydrogen-bond acceptors (Lipinski definition) is 7. The van der Waals surface area contributed by atoms with Gasteiger partial charge in [-0.15, -0.1) is 0 Å². The van der Waals surface area contributed by atoms with Crippen LogP contribution >= 0.6 is 0 Å². The Labute approximate surface area is 219 Å². The maximum atomic E-state index is 12.3. The molecule has 206 valence electrons. The van der Waals surface area contributed by atoms with Gasteiger partial charge in [-0.25, -0.2) is 0 Å². The number of allylic oxidation sites excluding steroid dienone is 2. The van der Waals surface area contributed by atoms with E-state index in [0.717, 1.165) is 31.3 Å². The van der Waals surface area contributed by atoms with Crippen molar-refractivity contribution < 1.29 is 33.3 Å². The zero-order valence-corrected chi connectivity index (χ0v) is 22.6. The van der Waals surface area contributed by atoms with Crippen molar-refractivity contribution in [2.45, 2.75) is 109 Å². The van der Waals surface area contributed by atoms with Gasteiger partial charge in [0.1, 0.15) is 6.10 Å². The number of nitrogens with one attached hydrogen (secondary N) is 1. The third kappa shape index (κ3) is 9.39. The Kier molecular flexibility index (Phi) is 10.1. The average molecular weight is 519 g/mol. The highest BCUT2D eigenvalue weighted by Gasteiger charge is 2.51. The summed E-state index contributed by atoms with van der Waals surface area (Å²) in [5, 5.41) is 3.01. The molecule has 3 N–H and O–H groups in total. The number of hydrogen-bond donors (Lipinski definition) is 2. The molecule has 8 atom stereocenters. The van der Waals surface area contributed by atoms with Crippen molar-refractivity contribution in [1.29, 1.82) is 0 Å². The van der Waals surface area contributed by atoms with Crippen LogP contribution in [0.4, 0.5) is 0 Å². The van der Waals surface area contributed by atoms with Crippen LogP contribution in [0, 0.1) is 5.92 Å². The fraction of sp³-hybridized carbons (Fsp3) is 0.679.